The Labute approximate surface area is 119 Å². The van der Waals surface area contributed by atoms with Crippen LogP contribution in [-0.2, 0) is 6.54 Å². The van der Waals surface area contributed by atoms with Crippen molar-refractivity contribution in [3.63, 3.8) is 0 Å². The average Bonchev–Trinajstić information content (AvgIpc) is 2.46. The van der Waals surface area contributed by atoms with Gasteiger partial charge in [-0.25, -0.2) is 0 Å². The molecule has 1 heterocycles. The van der Waals surface area contributed by atoms with Gasteiger partial charge in [-0.15, -0.1) is 11.6 Å². The van der Waals surface area contributed by atoms with Crippen LogP contribution in [0.1, 0.15) is 31.2 Å². The molecule has 0 radical (unpaired) electrons. The number of hydrogen-bond donors (Lipinski definition) is 1. The first-order chi connectivity index (χ1) is 9.34. The molecule has 2 atom stereocenters. The monoisotopic (exact) mass is 274 g/mol. The highest BCUT2D eigenvalue weighted by Gasteiger charge is 2.22. The summed E-state index contributed by atoms with van der Waals surface area (Å²) >= 11 is 6.39. The minimum atomic E-state index is 0.275. The van der Waals surface area contributed by atoms with Crippen molar-refractivity contribution in [3.05, 3.63) is 42.1 Å². The number of fused-ring (bicyclic) bond motifs is 1. The van der Waals surface area contributed by atoms with Gasteiger partial charge in [0.2, 0.25) is 0 Å². The third-order valence-corrected chi connectivity index (χ3v) is 4.47. The van der Waals surface area contributed by atoms with Crippen molar-refractivity contribution in [3.8, 4) is 0 Å². The normalized spacial score (nSPS) is 23.6. The van der Waals surface area contributed by atoms with E-state index in [1.54, 1.807) is 0 Å². The van der Waals surface area contributed by atoms with Crippen LogP contribution in [0.25, 0.3) is 10.9 Å². The van der Waals surface area contributed by atoms with Crippen LogP contribution in [0.3, 0.4) is 0 Å². The zero-order valence-corrected chi connectivity index (χ0v) is 11.7. The Morgan fingerprint density at radius 2 is 2.00 bits per heavy atom. The first-order valence-electron chi connectivity index (χ1n) is 7.04. The first kappa shape index (κ1) is 12.9. The van der Waals surface area contributed by atoms with Gasteiger partial charge in [0.15, 0.2) is 0 Å². The number of para-hydroxylation sites is 1. The minimum Gasteiger partial charge on any atom is -0.308 e. The highest BCUT2D eigenvalue weighted by atomic mass is 35.5. The Kier molecular flexibility index (Phi) is 4.00. The van der Waals surface area contributed by atoms with Crippen molar-refractivity contribution in [1.29, 1.82) is 0 Å². The van der Waals surface area contributed by atoms with E-state index in [1.165, 1.54) is 30.2 Å². The predicted octanol–water partition coefficient (Wildman–Crippen LogP) is 3.87. The number of nitrogens with one attached hydrogen (secondary N) is 1. The molecule has 1 aliphatic carbocycles. The second kappa shape index (κ2) is 5.89. The fraction of sp³-hybridized carbons (Fsp3) is 0.438. The standard InChI is InChI=1S/C16H19ClN2/c17-14-8-1-2-9-15(14)19-11-13-6-3-5-12-7-4-10-18-16(12)13/h3-7,10,14-15,19H,1-2,8-9,11H2. The van der Waals surface area contributed by atoms with E-state index in [2.05, 4.69) is 34.6 Å². The van der Waals surface area contributed by atoms with Crippen LogP contribution in [0, 0.1) is 0 Å². The first-order valence-corrected chi connectivity index (χ1v) is 7.48. The summed E-state index contributed by atoms with van der Waals surface area (Å²) in [7, 11) is 0. The maximum absolute atomic E-state index is 6.39. The van der Waals surface area contributed by atoms with Crippen LogP contribution in [0.2, 0.25) is 0 Å². The van der Waals surface area contributed by atoms with Crippen LogP contribution in [0.5, 0.6) is 0 Å². The molecule has 1 fully saturated rings. The van der Waals surface area contributed by atoms with Gasteiger partial charge in [0.25, 0.3) is 0 Å². The number of nitrogens with zero attached hydrogens (tertiary/aromatic N) is 1. The Morgan fingerprint density at radius 1 is 1.16 bits per heavy atom. The molecule has 1 aromatic carbocycles. The molecule has 1 saturated carbocycles. The van der Waals surface area contributed by atoms with Crippen molar-refractivity contribution >= 4 is 22.5 Å². The number of rotatable bonds is 3. The molecule has 1 N–H and O–H groups in total. The Hall–Kier alpha value is -1.12. The van der Waals surface area contributed by atoms with E-state index in [1.807, 2.05) is 12.3 Å². The predicted molar refractivity (Wildman–Crippen MR) is 80.5 cm³/mol. The van der Waals surface area contributed by atoms with Crippen molar-refractivity contribution in [1.82, 2.24) is 10.3 Å². The highest BCUT2D eigenvalue weighted by Crippen LogP contribution is 2.24. The summed E-state index contributed by atoms with van der Waals surface area (Å²) in [4.78, 5) is 4.49. The smallest absolute Gasteiger partial charge is 0.0746 e. The van der Waals surface area contributed by atoms with Crippen LogP contribution in [0.15, 0.2) is 36.5 Å². The van der Waals surface area contributed by atoms with Crippen LogP contribution < -0.4 is 5.32 Å². The maximum atomic E-state index is 6.39. The fourth-order valence-electron chi connectivity index (χ4n) is 2.87. The summed E-state index contributed by atoms with van der Waals surface area (Å²) in [6.45, 7) is 0.849. The van der Waals surface area contributed by atoms with E-state index in [4.69, 9.17) is 11.6 Å². The average molecular weight is 275 g/mol. The quantitative estimate of drug-likeness (QED) is 0.860. The molecule has 19 heavy (non-hydrogen) atoms. The van der Waals surface area contributed by atoms with Gasteiger partial charge in [-0.05, 0) is 24.5 Å². The summed E-state index contributed by atoms with van der Waals surface area (Å²) in [5.74, 6) is 0. The van der Waals surface area contributed by atoms with Crippen LogP contribution >= 0.6 is 11.6 Å². The topological polar surface area (TPSA) is 24.9 Å². The van der Waals surface area contributed by atoms with E-state index in [0.717, 1.165) is 18.5 Å². The fourth-order valence-corrected chi connectivity index (χ4v) is 3.24. The van der Waals surface area contributed by atoms with E-state index in [0.29, 0.717) is 6.04 Å². The number of hydrogen-bond acceptors (Lipinski definition) is 2. The molecule has 1 aliphatic rings. The van der Waals surface area contributed by atoms with E-state index in [9.17, 15) is 0 Å². The van der Waals surface area contributed by atoms with Gasteiger partial charge in [0.05, 0.1) is 5.52 Å². The Balaban J connectivity index is 1.74. The van der Waals surface area contributed by atoms with Gasteiger partial charge >= 0.3 is 0 Å². The molecule has 2 unspecified atom stereocenters. The summed E-state index contributed by atoms with van der Waals surface area (Å²) in [6, 6.07) is 10.9. The molecule has 0 saturated heterocycles. The minimum absolute atomic E-state index is 0.275. The largest absolute Gasteiger partial charge is 0.308 e. The zero-order valence-electron chi connectivity index (χ0n) is 11.0. The number of halogens is 1. The number of alkyl halides is 1. The molecule has 0 bridgehead atoms. The van der Waals surface area contributed by atoms with Gasteiger partial charge in [-0.3, -0.25) is 4.98 Å². The molecule has 2 nitrogen and oxygen atoms in total. The van der Waals surface area contributed by atoms with Gasteiger partial charge in [0, 0.05) is 29.5 Å². The maximum Gasteiger partial charge on any atom is 0.0746 e. The van der Waals surface area contributed by atoms with Crippen molar-refractivity contribution in [2.75, 3.05) is 0 Å². The van der Waals surface area contributed by atoms with Gasteiger partial charge in [-0.2, -0.15) is 0 Å². The van der Waals surface area contributed by atoms with Crippen molar-refractivity contribution in [2.24, 2.45) is 0 Å². The molecule has 100 valence electrons. The Bertz CT molecular complexity index is 550. The number of aromatic nitrogens is 1. The molecule has 0 amide bonds. The van der Waals surface area contributed by atoms with E-state index >= 15 is 0 Å². The number of benzene rings is 1. The van der Waals surface area contributed by atoms with Crippen molar-refractivity contribution < 1.29 is 0 Å². The summed E-state index contributed by atoms with van der Waals surface area (Å²) in [5, 5.41) is 5.08. The van der Waals surface area contributed by atoms with Gasteiger partial charge in [0.1, 0.15) is 0 Å². The van der Waals surface area contributed by atoms with E-state index < -0.39 is 0 Å². The van der Waals surface area contributed by atoms with Crippen LogP contribution in [-0.4, -0.2) is 16.4 Å². The molecule has 3 heteroatoms. The third kappa shape index (κ3) is 2.90. The molecular formula is C16H19ClN2. The van der Waals surface area contributed by atoms with Gasteiger partial charge < -0.3 is 5.32 Å². The van der Waals surface area contributed by atoms with E-state index in [-0.39, 0.29) is 5.38 Å². The number of pyridine rings is 1. The zero-order chi connectivity index (χ0) is 13.1. The molecular weight excluding hydrogens is 256 g/mol. The molecule has 2 aromatic rings. The lowest BCUT2D eigenvalue weighted by atomic mass is 9.94. The molecule has 3 rings (SSSR count). The lowest BCUT2D eigenvalue weighted by molar-refractivity contribution is 0.379. The lowest BCUT2D eigenvalue weighted by Gasteiger charge is -2.28. The lowest BCUT2D eigenvalue weighted by Crippen LogP contribution is -2.38. The van der Waals surface area contributed by atoms with Gasteiger partial charge in [-0.1, -0.05) is 37.1 Å². The summed E-state index contributed by atoms with van der Waals surface area (Å²) in [5.41, 5.74) is 2.35. The second-order valence-electron chi connectivity index (χ2n) is 5.28. The van der Waals surface area contributed by atoms with Crippen LogP contribution in [0.4, 0.5) is 0 Å². The van der Waals surface area contributed by atoms with Crippen molar-refractivity contribution in [2.45, 2.75) is 43.6 Å². The third-order valence-electron chi connectivity index (χ3n) is 3.95. The summed E-state index contributed by atoms with van der Waals surface area (Å²) < 4.78 is 0. The summed E-state index contributed by atoms with van der Waals surface area (Å²) in [6.07, 6.45) is 6.73. The molecule has 0 aliphatic heterocycles. The SMILES string of the molecule is ClC1CCCCC1NCc1cccc2cccnc12. The Morgan fingerprint density at radius 3 is 2.89 bits per heavy atom. The highest BCUT2D eigenvalue weighted by molar-refractivity contribution is 6.21. The molecule has 0 spiro atoms. The second-order valence-corrected chi connectivity index (χ2v) is 5.84. The molecule has 1 aromatic heterocycles.